The van der Waals surface area contributed by atoms with Crippen LogP contribution in [0.3, 0.4) is 0 Å². The zero-order valence-corrected chi connectivity index (χ0v) is 10.7. The van der Waals surface area contributed by atoms with E-state index in [0.29, 0.717) is 11.7 Å². The predicted molar refractivity (Wildman–Crippen MR) is 69.5 cm³/mol. The second-order valence-corrected chi connectivity index (χ2v) is 5.22. The van der Waals surface area contributed by atoms with E-state index in [1.165, 1.54) is 10.5 Å². The van der Waals surface area contributed by atoms with Gasteiger partial charge in [0.15, 0.2) is 0 Å². The molecular weight excluding hydrogens is 218 g/mol. The molecule has 1 fully saturated rings. The molecule has 0 atom stereocenters. The molecule has 1 aliphatic rings. The third kappa shape index (κ3) is 2.20. The van der Waals surface area contributed by atoms with Crippen LogP contribution in [0.4, 0.5) is 0 Å². The van der Waals surface area contributed by atoms with Gasteiger partial charge in [-0.1, -0.05) is 6.07 Å². The van der Waals surface area contributed by atoms with Gasteiger partial charge in [0.1, 0.15) is 5.75 Å². The molecule has 1 aromatic rings. The highest BCUT2D eigenvalue weighted by Crippen LogP contribution is 2.40. The average molecular weight is 237 g/mol. The van der Waals surface area contributed by atoms with Crippen molar-refractivity contribution < 1.29 is 5.11 Å². The molecule has 0 saturated carbocycles. The number of aromatic hydroxyl groups is 1. The Bertz CT molecular complexity index is 372. The van der Waals surface area contributed by atoms with Crippen molar-refractivity contribution in [3.05, 3.63) is 23.3 Å². The van der Waals surface area contributed by atoms with Crippen molar-refractivity contribution >= 4 is 11.8 Å². The summed E-state index contributed by atoms with van der Waals surface area (Å²) in [5.41, 5.74) is 2.17. The molecule has 0 aromatic heterocycles. The average Bonchev–Trinajstić information content (AvgIpc) is 2.33. The van der Waals surface area contributed by atoms with E-state index >= 15 is 0 Å². The van der Waals surface area contributed by atoms with Crippen molar-refractivity contribution in [3.8, 4) is 5.75 Å². The minimum Gasteiger partial charge on any atom is -0.507 e. The number of phenolic OH excluding ortho intramolecular Hbond substituents is 1. The highest BCUT2D eigenvalue weighted by Gasteiger charge is 2.22. The van der Waals surface area contributed by atoms with Crippen LogP contribution in [0, 0.1) is 6.92 Å². The van der Waals surface area contributed by atoms with Gasteiger partial charge in [0.05, 0.1) is 0 Å². The first-order valence-electron chi connectivity index (χ1n) is 5.81. The molecule has 0 unspecified atom stereocenters. The number of aryl methyl sites for hydroxylation is 1. The van der Waals surface area contributed by atoms with Crippen molar-refractivity contribution in [3.63, 3.8) is 0 Å². The maximum absolute atomic E-state index is 10.2. The third-order valence-corrected chi connectivity index (χ3v) is 4.14. The maximum Gasteiger partial charge on any atom is 0.123 e. The monoisotopic (exact) mass is 237 g/mol. The van der Waals surface area contributed by atoms with Crippen LogP contribution in [0.5, 0.6) is 5.75 Å². The molecule has 2 nitrogen and oxygen atoms in total. The van der Waals surface area contributed by atoms with Gasteiger partial charge in [-0.05, 0) is 56.7 Å². The molecule has 0 spiro atoms. The summed E-state index contributed by atoms with van der Waals surface area (Å²) in [5.74, 6) is 1.03. The zero-order chi connectivity index (χ0) is 11.5. The Balaban J connectivity index is 2.39. The van der Waals surface area contributed by atoms with E-state index in [0.717, 1.165) is 31.5 Å². The zero-order valence-electron chi connectivity index (χ0n) is 9.92. The molecule has 88 valence electrons. The lowest BCUT2D eigenvalue weighted by Crippen LogP contribution is -2.27. The van der Waals surface area contributed by atoms with Crippen LogP contribution in [0.1, 0.15) is 29.9 Å². The van der Waals surface area contributed by atoms with Crippen LogP contribution in [-0.4, -0.2) is 24.5 Å². The minimum atomic E-state index is 0.513. The Morgan fingerprint density at radius 3 is 2.62 bits per heavy atom. The molecule has 1 aliphatic heterocycles. The number of nitrogens with one attached hydrogen (secondary N) is 1. The molecule has 3 heteroatoms. The topological polar surface area (TPSA) is 32.3 Å². The van der Waals surface area contributed by atoms with Gasteiger partial charge in [-0.15, -0.1) is 11.8 Å². The Morgan fingerprint density at radius 1 is 1.31 bits per heavy atom. The second-order valence-electron chi connectivity index (χ2n) is 4.37. The molecule has 0 amide bonds. The molecule has 0 radical (unpaired) electrons. The molecule has 1 aromatic carbocycles. The van der Waals surface area contributed by atoms with E-state index in [2.05, 4.69) is 17.6 Å². The summed E-state index contributed by atoms with van der Waals surface area (Å²) in [6.07, 6.45) is 4.34. The van der Waals surface area contributed by atoms with Crippen LogP contribution < -0.4 is 5.32 Å². The van der Waals surface area contributed by atoms with Gasteiger partial charge in [-0.2, -0.15) is 0 Å². The van der Waals surface area contributed by atoms with Crippen molar-refractivity contribution in [1.29, 1.82) is 0 Å². The molecule has 16 heavy (non-hydrogen) atoms. The molecule has 1 heterocycles. The van der Waals surface area contributed by atoms with E-state index in [1.54, 1.807) is 11.8 Å². The lowest BCUT2D eigenvalue weighted by Gasteiger charge is -2.26. The number of hydrogen-bond acceptors (Lipinski definition) is 3. The number of benzene rings is 1. The van der Waals surface area contributed by atoms with Gasteiger partial charge in [0.2, 0.25) is 0 Å². The first-order valence-corrected chi connectivity index (χ1v) is 7.03. The number of piperidine rings is 1. The van der Waals surface area contributed by atoms with Crippen LogP contribution in [0.2, 0.25) is 0 Å². The summed E-state index contributed by atoms with van der Waals surface area (Å²) in [7, 11) is 0. The number of thioether (sulfide) groups is 1. The largest absolute Gasteiger partial charge is 0.507 e. The van der Waals surface area contributed by atoms with E-state index in [9.17, 15) is 5.11 Å². The van der Waals surface area contributed by atoms with Gasteiger partial charge < -0.3 is 10.4 Å². The first-order chi connectivity index (χ1) is 7.74. The number of rotatable bonds is 2. The standard InChI is InChI=1S/C13H19NOS/c1-9-3-4-11(16-2)12(13(9)15)10-5-7-14-8-6-10/h3-4,10,14-15H,5-8H2,1-2H3. The minimum absolute atomic E-state index is 0.513. The normalized spacial score (nSPS) is 17.6. The molecule has 1 saturated heterocycles. The summed E-state index contributed by atoms with van der Waals surface area (Å²) in [6, 6.07) is 4.14. The van der Waals surface area contributed by atoms with Crippen LogP contribution in [0.15, 0.2) is 17.0 Å². The molecule has 0 aliphatic carbocycles. The van der Waals surface area contributed by atoms with Crippen molar-refractivity contribution in [2.24, 2.45) is 0 Å². The quantitative estimate of drug-likeness (QED) is 0.776. The highest BCUT2D eigenvalue weighted by atomic mass is 32.2. The van der Waals surface area contributed by atoms with E-state index in [1.807, 2.05) is 13.0 Å². The van der Waals surface area contributed by atoms with Gasteiger partial charge >= 0.3 is 0 Å². The fourth-order valence-electron chi connectivity index (χ4n) is 2.38. The van der Waals surface area contributed by atoms with Crippen LogP contribution >= 0.6 is 11.8 Å². The Labute approximate surface area is 101 Å². The van der Waals surface area contributed by atoms with E-state index in [-0.39, 0.29) is 0 Å². The lowest BCUT2D eigenvalue weighted by atomic mass is 9.88. The Hall–Kier alpha value is -0.670. The van der Waals surface area contributed by atoms with Crippen molar-refractivity contribution in [2.45, 2.75) is 30.6 Å². The molecule has 0 bridgehead atoms. The van der Waals surface area contributed by atoms with E-state index < -0.39 is 0 Å². The summed E-state index contributed by atoms with van der Waals surface area (Å²) in [4.78, 5) is 1.23. The van der Waals surface area contributed by atoms with Crippen LogP contribution in [-0.2, 0) is 0 Å². The summed E-state index contributed by atoms with van der Waals surface area (Å²) in [5, 5.41) is 13.6. The number of hydrogen-bond donors (Lipinski definition) is 2. The maximum atomic E-state index is 10.2. The smallest absolute Gasteiger partial charge is 0.123 e. The van der Waals surface area contributed by atoms with Gasteiger partial charge in [0, 0.05) is 10.5 Å². The van der Waals surface area contributed by atoms with Crippen molar-refractivity contribution in [1.82, 2.24) is 5.32 Å². The fraction of sp³-hybridized carbons (Fsp3) is 0.538. The SMILES string of the molecule is CSc1ccc(C)c(O)c1C1CCNCC1. The second kappa shape index (κ2) is 5.11. The Kier molecular flexibility index (Phi) is 3.77. The molecule has 2 rings (SSSR count). The van der Waals surface area contributed by atoms with Crippen LogP contribution in [0.25, 0.3) is 0 Å². The van der Waals surface area contributed by atoms with Gasteiger partial charge in [-0.25, -0.2) is 0 Å². The van der Waals surface area contributed by atoms with Gasteiger partial charge in [0.25, 0.3) is 0 Å². The first kappa shape index (κ1) is 11.8. The fourth-order valence-corrected chi connectivity index (χ4v) is 3.07. The van der Waals surface area contributed by atoms with Crippen molar-refractivity contribution in [2.75, 3.05) is 19.3 Å². The summed E-state index contributed by atoms with van der Waals surface area (Å²) < 4.78 is 0. The lowest BCUT2D eigenvalue weighted by molar-refractivity contribution is 0.417. The molecular formula is C13H19NOS. The molecule has 2 N–H and O–H groups in total. The predicted octanol–water partition coefficient (Wildman–Crippen LogP) is 2.89. The highest BCUT2D eigenvalue weighted by molar-refractivity contribution is 7.98. The van der Waals surface area contributed by atoms with Gasteiger partial charge in [-0.3, -0.25) is 0 Å². The summed E-state index contributed by atoms with van der Waals surface area (Å²) >= 11 is 1.73. The Morgan fingerprint density at radius 2 is 2.00 bits per heavy atom. The van der Waals surface area contributed by atoms with E-state index in [4.69, 9.17) is 0 Å². The number of phenols is 1. The third-order valence-electron chi connectivity index (χ3n) is 3.35. The summed E-state index contributed by atoms with van der Waals surface area (Å²) in [6.45, 7) is 4.10.